The molecule has 180 valence electrons. The molecule has 0 saturated heterocycles. The number of hydrogen-bond donors (Lipinski definition) is 3. The maximum atomic E-state index is 13.2. The van der Waals surface area contributed by atoms with E-state index in [4.69, 9.17) is 10.5 Å². The second-order valence-corrected chi connectivity index (χ2v) is 7.65. The molecule has 0 fully saturated rings. The number of nitrogens with two attached hydrogens (primary N) is 1. The number of aromatic nitrogens is 2. The number of carbonyl (C=O) groups excluding carboxylic acids is 3. The van der Waals surface area contributed by atoms with E-state index in [1.165, 1.54) is 46.3 Å². The fraction of sp³-hybridized carbons (Fsp3) is 0.174. The molecule has 2 heterocycles. The lowest BCUT2D eigenvalue weighted by atomic mass is 10.1. The van der Waals surface area contributed by atoms with Gasteiger partial charge in [-0.2, -0.15) is 10.2 Å². The molecule has 3 aromatic rings. The van der Waals surface area contributed by atoms with E-state index in [-0.39, 0.29) is 24.6 Å². The van der Waals surface area contributed by atoms with Crippen LogP contribution in [0.25, 0.3) is 0 Å². The molecule has 35 heavy (non-hydrogen) atoms. The van der Waals surface area contributed by atoms with Crippen molar-refractivity contribution in [1.82, 2.24) is 9.78 Å². The maximum absolute atomic E-state index is 13.2. The Kier molecular flexibility index (Phi) is 6.71. The van der Waals surface area contributed by atoms with Gasteiger partial charge in [0.15, 0.2) is 0 Å². The molecule has 3 amide bonds. The van der Waals surface area contributed by atoms with Crippen LogP contribution in [0.5, 0.6) is 5.75 Å². The highest BCUT2D eigenvalue weighted by molar-refractivity contribution is 6.44. The predicted molar refractivity (Wildman–Crippen MR) is 126 cm³/mol. The van der Waals surface area contributed by atoms with E-state index < -0.39 is 23.7 Å². The second-order valence-electron chi connectivity index (χ2n) is 7.65. The molecule has 12 heteroatoms. The van der Waals surface area contributed by atoms with Crippen LogP contribution in [0.4, 0.5) is 21.5 Å². The molecule has 0 aliphatic carbocycles. The number of ether oxygens (including phenoxy) is 1. The van der Waals surface area contributed by atoms with Crippen LogP contribution in [0.15, 0.2) is 66.0 Å². The molecule has 4 N–H and O–H groups in total. The predicted octanol–water partition coefficient (Wildman–Crippen LogP) is 1.73. The minimum Gasteiger partial charge on any atom is -0.497 e. The number of halogens is 1. The van der Waals surface area contributed by atoms with Gasteiger partial charge in [0.1, 0.15) is 29.9 Å². The zero-order chi connectivity index (χ0) is 24.9. The van der Waals surface area contributed by atoms with E-state index in [0.29, 0.717) is 22.8 Å². The lowest BCUT2D eigenvalue weighted by Crippen LogP contribution is -2.39. The first-order valence-electron chi connectivity index (χ1n) is 10.5. The van der Waals surface area contributed by atoms with Crippen molar-refractivity contribution in [3.8, 4) is 5.75 Å². The van der Waals surface area contributed by atoms with Gasteiger partial charge < -0.3 is 21.1 Å². The van der Waals surface area contributed by atoms with Gasteiger partial charge in [0.25, 0.3) is 5.91 Å². The number of nitrogens with one attached hydrogen (secondary N) is 2. The molecule has 4 rings (SSSR count). The summed E-state index contributed by atoms with van der Waals surface area (Å²) in [6.45, 7) is -0.0784. The molecule has 1 unspecified atom stereocenters. The lowest BCUT2D eigenvalue weighted by Gasteiger charge is -2.20. The van der Waals surface area contributed by atoms with Crippen molar-refractivity contribution < 1.29 is 23.5 Å². The standard InChI is InChI=1S/C23H22FN7O4/c1-35-18-8-4-15(5-9-18)27-21(32)13-30-12-16(11-26-30)28-23(34)19-10-20(22(25)33)31(29-19)17-6-2-14(24)3-7-17/h2-9,11-12,20H,10,13H2,1H3,(H2,25,33)(H,27,32)(H,28,34). The summed E-state index contributed by atoms with van der Waals surface area (Å²) < 4.78 is 19.7. The Balaban J connectivity index is 1.38. The fourth-order valence-corrected chi connectivity index (χ4v) is 3.44. The van der Waals surface area contributed by atoms with Crippen LogP contribution in [0.3, 0.4) is 0 Å². The molecule has 0 bridgehead atoms. The van der Waals surface area contributed by atoms with Crippen LogP contribution in [0, 0.1) is 5.82 Å². The zero-order valence-electron chi connectivity index (χ0n) is 18.6. The Hall–Kier alpha value is -4.74. The highest BCUT2D eigenvalue weighted by Crippen LogP contribution is 2.25. The van der Waals surface area contributed by atoms with Crippen LogP contribution in [-0.4, -0.2) is 46.4 Å². The SMILES string of the molecule is COc1ccc(NC(=O)Cn2cc(NC(=O)C3=NN(c4ccc(F)cc4)C(C(N)=O)C3)cn2)cc1. The van der Waals surface area contributed by atoms with Gasteiger partial charge in [-0.3, -0.25) is 24.1 Å². The number of nitrogens with zero attached hydrogens (tertiary/aromatic N) is 4. The first-order chi connectivity index (χ1) is 16.8. The average Bonchev–Trinajstić information content (AvgIpc) is 3.47. The number of anilines is 3. The molecule has 1 aliphatic rings. The summed E-state index contributed by atoms with van der Waals surface area (Å²) >= 11 is 0. The highest BCUT2D eigenvalue weighted by Gasteiger charge is 2.35. The Morgan fingerprint density at radius 2 is 1.80 bits per heavy atom. The first-order valence-corrected chi connectivity index (χ1v) is 10.5. The zero-order valence-corrected chi connectivity index (χ0v) is 18.6. The normalized spacial score (nSPS) is 14.9. The maximum Gasteiger partial charge on any atom is 0.272 e. The van der Waals surface area contributed by atoms with Crippen molar-refractivity contribution in [3.05, 3.63) is 66.7 Å². The van der Waals surface area contributed by atoms with Gasteiger partial charge in [0.2, 0.25) is 11.8 Å². The van der Waals surface area contributed by atoms with Gasteiger partial charge in [-0.05, 0) is 48.5 Å². The van der Waals surface area contributed by atoms with E-state index in [1.54, 1.807) is 31.4 Å². The number of amides is 3. The third-order valence-electron chi connectivity index (χ3n) is 5.16. The molecule has 11 nitrogen and oxygen atoms in total. The third kappa shape index (κ3) is 5.61. The average molecular weight is 479 g/mol. The third-order valence-corrected chi connectivity index (χ3v) is 5.16. The van der Waals surface area contributed by atoms with Crippen molar-refractivity contribution >= 4 is 40.5 Å². The smallest absolute Gasteiger partial charge is 0.272 e. The number of primary amides is 1. The van der Waals surface area contributed by atoms with Crippen molar-refractivity contribution in [2.75, 3.05) is 22.8 Å². The monoisotopic (exact) mass is 479 g/mol. The van der Waals surface area contributed by atoms with Gasteiger partial charge in [-0.25, -0.2) is 4.39 Å². The second kappa shape index (κ2) is 10.0. The van der Waals surface area contributed by atoms with Gasteiger partial charge in [-0.1, -0.05) is 0 Å². The number of rotatable bonds is 8. The molecule has 1 aromatic heterocycles. The van der Waals surface area contributed by atoms with Crippen LogP contribution in [0.2, 0.25) is 0 Å². The summed E-state index contributed by atoms with van der Waals surface area (Å²) in [4.78, 5) is 36.9. The summed E-state index contributed by atoms with van der Waals surface area (Å²) in [6, 6.07) is 11.3. The summed E-state index contributed by atoms with van der Waals surface area (Å²) in [7, 11) is 1.55. The Morgan fingerprint density at radius 1 is 1.09 bits per heavy atom. The number of hydrazone groups is 1. The summed E-state index contributed by atoms with van der Waals surface area (Å²) in [5.41, 5.74) is 6.91. The molecule has 0 saturated carbocycles. The summed E-state index contributed by atoms with van der Waals surface area (Å²) in [6.07, 6.45) is 2.86. The molecule has 1 atom stereocenters. The van der Waals surface area contributed by atoms with Crippen LogP contribution in [-0.2, 0) is 20.9 Å². The van der Waals surface area contributed by atoms with E-state index >= 15 is 0 Å². The van der Waals surface area contributed by atoms with Crippen LogP contribution >= 0.6 is 0 Å². The van der Waals surface area contributed by atoms with E-state index in [1.807, 2.05) is 0 Å². The fourth-order valence-electron chi connectivity index (χ4n) is 3.44. The molecule has 2 aromatic carbocycles. The highest BCUT2D eigenvalue weighted by atomic mass is 19.1. The van der Waals surface area contributed by atoms with E-state index in [2.05, 4.69) is 20.8 Å². The number of methoxy groups -OCH3 is 1. The quantitative estimate of drug-likeness (QED) is 0.449. The van der Waals surface area contributed by atoms with Gasteiger partial charge in [0, 0.05) is 18.3 Å². The first kappa shape index (κ1) is 23.4. The minimum absolute atomic E-state index is 0.0169. The largest absolute Gasteiger partial charge is 0.497 e. The molecule has 0 spiro atoms. The molecule has 0 radical (unpaired) electrons. The Labute approximate surface area is 199 Å². The Bertz CT molecular complexity index is 1270. The van der Waals surface area contributed by atoms with E-state index in [9.17, 15) is 18.8 Å². The Morgan fingerprint density at radius 3 is 2.46 bits per heavy atom. The molecular formula is C23H22FN7O4. The van der Waals surface area contributed by atoms with Crippen molar-refractivity contribution in [2.45, 2.75) is 19.0 Å². The minimum atomic E-state index is -0.884. The number of carbonyl (C=O) groups is 3. The molecular weight excluding hydrogens is 457 g/mol. The lowest BCUT2D eigenvalue weighted by molar-refractivity contribution is -0.119. The van der Waals surface area contributed by atoms with Crippen molar-refractivity contribution in [1.29, 1.82) is 0 Å². The van der Waals surface area contributed by atoms with Crippen molar-refractivity contribution in [3.63, 3.8) is 0 Å². The summed E-state index contributed by atoms with van der Waals surface area (Å²) in [5.74, 6) is -1.30. The van der Waals surface area contributed by atoms with Crippen LogP contribution < -0.4 is 26.1 Å². The van der Waals surface area contributed by atoms with Gasteiger partial charge >= 0.3 is 0 Å². The van der Waals surface area contributed by atoms with Crippen LogP contribution in [0.1, 0.15) is 6.42 Å². The van der Waals surface area contributed by atoms with Gasteiger partial charge in [-0.15, -0.1) is 0 Å². The topological polar surface area (TPSA) is 144 Å². The van der Waals surface area contributed by atoms with E-state index in [0.717, 1.165) is 0 Å². The number of benzene rings is 2. The van der Waals surface area contributed by atoms with Crippen molar-refractivity contribution in [2.24, 2.45) is 10.8 Å². The van der Waals surface area contributed by atoms with Gasteiger partial charge in [0.05, 0.1) is 24.7 Å². The summed E-state index contributed by atoms with van der Waals surface area (Å²) in [5, 5.41) is 15.0. The number of hydrogen-bond acceptors (Lipinski definition) is 7. The molecule has 1 aliphatic heterocycles.